The molecule has 0 heterocycles. The zero-order valence-electron chi connectivity index (χ0n) is 15.5. The lowest BCUT2D eigenvalue weighted by molar-refractivity contribution is 0.0253. The van der Waals surface area contributed by atoms with Crippen molar-refractivity contribution in [3.63, 3.8) is 0 Å². The summed E-state index contributed by atoms with van der Waals surface area (Å²) in [4.78, 5) is 24.1. The van der Waals surface area contributed by atoms with E-state index in [1.807, 2.05) is 0 Å². The van der Waals surface area contributed by atoms with Crippen molar-refractivity contribution in [2.24, 2.45) is 0 Å². The van der Waals surface area contributed by atoms with E-state index in [4.69, 9.17) is 29.2 Å². The number of ether oxygens (including phenoxy) is 4. The maximum Gasteiger partial charge on any atom is 0.338 e. The Morgan fingerprint density at radius 3 is 1.46 bits per heavy atom. The number of hydrogen-bond donors (Lipinski definition) is 2. The second kappa shape index (κ2) is 12.0. The first kappa shape index (κ1) is 21.8. The van der Waals surface area contributed by atoms with Crippen LogP contribution in [0.3, 0.4) is 0 Å². The van der Waals surface area contributed by atoms with Gasteiger partial charge in [-0.1, -0.05) is 12.1 Å². The van der Waals surface area contributed by atoms with Crippen LogP contribution in [-0.4, -0.2) is 75.0 Å². The van der Waals surface area contributed by atoms with E-state index in [1.165, 1.54) is 0 Å². The van der Waals surface area contributed by atoms with Crippen LogP contribution in [0.2, 0.25) is 0 Å². The molecule has 0 aliphatic rings. The number of aliphatic hydroxyl groups is 2. The van der Waals surface area contributed by atoms with Crippen LogP contribution < -0.4 is 0 Å². The minimum absolute atomic E-state index is 0.0777. The Morgan fingerprint density at radius 1 is 0.643 bits per heavy atom. The molecule has 0 saturated carbocycles. The largest absolute Gasteiger partial charge is 0.460 e. The molecule has 152 valence electrons. The molecule has 0 radical (unpaired) electrons. The van der Waals surface area contributed by atoms with Crippen LogP contribution in [0, 0.1) is 0 Å². The number of carbonyl (C=O) groups excluding carboxylic acids is 2. The number of rotatable bonds is 12. The summed E-state index contributed by atoms with van der Waals surface area (Å²) in [6, 6.07) is 10.1. The summed E-state index contributed by atoms with van der Waals surface area (Å²) in [5, 5.41) is 18.8. The van der Waals surface area contributed by atoms with E-state index in [0.29, 0.717) is 11.1 Å². The summed E-state index contributed by atoms with van der Waals surface area (Å²) in [6.45, 7) is 0.888. The van der Waals surface area contributed by atoms with Gasteiger partial charge < -0.3 is 29.2 Å². The first-order chi connectivity index (χ1) is 13.7. The van der Waals surface area contributed by atoms with Crippen LogP contribution in [0.4, 0.5) is 0 Å². The average Bonchev–Trinajstić information content (AvgIpc) is 2.72. The standard InChI is InChI=1S/C20H24O8/c21-5-7-25-9-11-27-19(23)17-3-1-15-13-18(4-2-16(15)14-17)20(24)28-12-10-26-8-6-22/h1-4,13-14,21-22H,5-12H2. The number of fused-ring (bicyclic) bond motifs is 1. The number of hydrogen-bond acceptors (Lipinski definition) is 8. The molecular formula is C20H24O8. The lowest BCUT2D eigenvalue weighted by atomic mass is 10.0. The third-order valence-electron chi connectivity index (χ3n) is 3.70. The molecule has 0 unspecified atom stereocenters. The minimum Gasteiger partial charge on any atom is -0.460 e. The fourth-order valence-electron chi connectivity index (χ4n) is 2.39. The second-order valence-corrected chi connectivity index (χ2v) is 5.72. The molecule has 0 bridgehead atoms. The van der Waals surface area contributed by atoms with Crippen LogP contribution in [0.5, 0.6) is 0 Å². The molecule has 2 aromatic rings. The van der Waals surface area contributed by atoms with Crippen molar-refractivity contribution < 1.29 is 38.7 Å². The van der Waals surface area contributed by atoms with Gasteiger partial charge in [-0.05, 0) is 35.0 Å². The summed E-state index contributed by atoms with van der Waals surface area (Å²) in [5.74, 6) is -0.943. The lowest BCUT2D eigenvalue weighted by Gasteiger charge is -2.08. The van der Waals surface area contributed by atoms with Gasteiger partial charge in [0.05, 0.1) is 50.8 Å². The van der Waals surface area contributed by atoms with Gasteiger partial charge in [-0.25, -0.2) is 9.59 Å². The molecule has 0 aliphatic carbocycles. The van der Waals surface area contributed by atoms with Crippen molar-refractivity contribution in [3.05, 3.63) is 47.5 Å². The average molecular weight is 392 g/mol. The van der Waals surface area contributed by atoms with Crippen molar-refractivity contribution >= 4 is 22.7 Å². The van der Waals surface area contributed by atoms with Crippen LogP contribution in [0.1, 0.15) is 20.7 Å². The van der Waals surface area contributed by atoms with Crippen molar-refractivity contribution in [1.29, 1.82) is 0 Å². The summed E-state index contributed by atoms with van der Waals surface area (Å²) < 4.78 is 20.3. The quantitative estimate of drug-likeness (QED) is 0.409. The predicted octanol–water partition coefficient (Wildman–Crippen LogP) is 1.17. The highest BCUT2D eigenvalue weighted by Crippen LogP contribution is 2.19. The van der Waals surface area contributed by atoms with Crippen molar-refractivity contribution in [2.75, 3.05) is 52.9 Å². The Bertz CT molecular complexity index is 709. The molecule has 0 fully saturated rings. The zero-order valence-corrected chi connectivity index (χ0v) is 15.5. The first-order valence-corrected chi connectivity index (χ1v) is 8.91. The number of benzene rings is 2. The summed E-state index contributed by atoms with van der Waals surface area (Å²) in [5.41, 5.74) is 0.789. The van der Waals surface area contributed by atoms with Gasteiger partial charge in [-0.3, -0.25) is 0 Å². The Hall–Kier alpha value is -2.52. The molecule has 0 aliphatic heterocycles. The minimum atomic E-state index is -0.471. The monoisotopic (exact) mass is 392 g/mol. The molecule has 2 aromatic carbocycles. The van der Waals surface area contributed by atoms with Crippen LogP contribution >= 0.6 is 0 Å². The Kier molecular flexibility index (Phi) is 9.36. The van der Waals surface area contributed by atoms with E-state index in [2.05, 4.69) is 0 Å². The Morgan fingerprint density at radius 2 is 1.07 bits per heavy atom. The van der Waals surface area contributed by atoms with Gasteiger partial charge in [0.25, 0.3) is 0 Å². The third kappa shape index (κ3) is 6.90. The molecule has 8 heteroatoms. The van der Waals surface area contributed by atoms with Gasteiger partial charge in [0, 0.05) is 0 Å². The number of carbonyl (C=O) groups is 2. The summed E-state index contributed by atoms with van der Waals surface area (Å²) in [7, 11) is 0. The number of aliphatic hydroxyl groups excluding tert-OH is 2. The van der Waals surface area contributed by atoms with Crippen LogP contribution in [-0.2, 0) is 18.9 Å². The van der Waals surface area contributed by atoms with Gasteiger partial charge >= 0.3 is 11.9 Å². The fraction of sp³-hybridized carbons (Fsp3) is 0.400. The summed E-state index contributed by atoms with van der Waals surface area (Å²) >= 11 is 0. The van der Waals surface area contributed by atoms with Gasteiger partial charge in [0.15, 0.2) is 0 Å². The molecule has 0 amide bonds. The van der Waals surface area contributed by atoms with Crippen molar-refractivity contribution in [3.8, 4) is 0 Å². The SMILES string of the molecule is O=C(OCCOCCO)c1ccc2cc(C(=O)OCCOCCO)ccc2c1. The molecule has 0 aromatic heterocycles. The van der Waals surface area contributed by atoms with Gasteiger partial charge in [0.2, 0.25) is 0 Å². The third-order valence-corrected chi connectivity index (χ3v) is 3.70. The van der Waals surface area contributed by atoms with E-state index in [1.54, 1.807) is 36.4 Å². The molecule has 0 saturated heterocycles. The maximum absolute atomic E-state index is 12.1. The first-order valence-electron chi connectivity index (χ1n) is 8.91. The van der Waals surface area contributed by atoms with E-state index in [-0.39, 0.29) is 52.9 Å². The molecule has 0 atom stereocenters. The number of esters is 2. The molecular weight excluding hydrogens is 368 g/mol. The van der Waals surface area contributed by atoms with E-state index < -0.39 is 11.9 Å². The highest BCUT2D eigenvalue weighted by Gasteiger charge is 2.11. The van der Waals surface area contributed by atoms with E-state index in [0.717, 1.165) is 10.8 Å². The lowest BCUT2D eigenvalue weighted by Crippen LogP contribution is -2.12. The molecule has 0 spiro atoms. The highest BCUT2D eigenvalue weighted by atomic mass is 16.6. The van der Waals surface area contributed by atoms with Gasteiger partial charge in [0.1, 0.15) is 13.2 Å². The van der Waals surface area contributed by atoms with E-state index >= 15 is 0 Å². The topological polar surface area (TPSA) is 112 Å². The molecule has 2 N–H and O–H groups in total. The maximum atomic E-state index is 12.1. The zero-order chi connectivity index (χ0) is 20.2. The predicted molar refractivity (Wildman–Crippen MR) is 100 cm³/mol. The highest BCUT2D eigenvalue weighted by molar-refractivity contribution is 5.99. The van der Waals surface area contributed by atoms with E-state index in [9.17, 15) is 9.59 Å². The van der Waals surface area contributed by atoms with Crippen molar-refractivity contribution in [1.82, 2.24) is 0 Å². The van der Waals surface area contributed by atoms with Crippen molar-refractivity contribution in [2.45, 2.75) is 0 Å². The second-order valence-electron chi connectivity index (χ2n) is 5.72. The summed E-state index contributed by atoms with van der Waals surface area (Å²) in [6.07, 6.45) is 0. The Balaban J connectivity index is 1.92. The van der Waals surface area contributed by atoms with Gasteiger partial charge in [-0.2, -0.15) is 0 Å². The normalized spacial score (nSPS) is 10.8. The molecule has 2 rings (SSSR count). The van der Waals surface area contributed by atoms with Gasteiger partial charge in [-0.15, -0.1) is 0 Å². The molecule has 8 nitrogen and oxygen atoms in total. The molecule has 28 heavy (non-hydrogen) atoms. The van der Waals surface area contributed by atoms with Crippen LogP contribution in [0.15, 0.2) is 36.4 Å². The fourth-order valence-corrected chi connectivity index (χ4v) is 2.39. The smallest absolute Gasteiger partial charge is 0.338 e. The van der Waals surface area contributed by atoms with Crippen LogP contribution in [0.25, 0.3) is 10.8 Å². The Labute approximate surface area is 162 Å².